The summed E-state index contributed by atoms with van der Waals surface area (Å²) < 4.78 is 0. The van der Waals surface area contributed by atoms with E-state index in [1.54, 1.807) is 36.3 Å². The van der Waals surface area contributed by atoms with Crippen LogP contribution in [0.5, 0.6) is 0 Å². The molecule has 2 aromatic rings. The van der Waals surface area contributed by atoms with Crippen LogP contribution in [0.1, 0.15) is 11.3 Å². The number of rotatable bonds is 3. The lowest BCUT2D eigenvalue weighted by molar-refractivity contribution is 0.210. The molecule has 0 fully saturated rings. The molecule has 21 heavy (non-hydrogen) atoms. The highest BCUT2D eigenvalue weighted by Crippen LogP contribution is 2.28. The first-order valence-corrected chi connectivity index (χ1v) is 6.78. The minimum atomic E-state index is -0.0202. The SMILES string of the molecule is CNc1cnc(CN2C(=O)N(C)Cc3ccccc32)cn1. The highest BCUT2D eigenvalue weighted by Gasteiger charge is 2.27. The van der Waals surface area contributed by atoms with Crippen molar-refractivity contribution >= 4 is 17.5 Å². The first kappa shape index (κ1) is 13.4. The fraction of sp³-hybridized carbons (Fsp3) is 0.267. The van der Waals surface area contributed by atoms with Crippen molar-refractivity contribution in [3.63, 3.8) is 0 Å². The van der Waals surface area contributed by atoms with Crippen LogP contribution in [0.25, 0.3) is 0 Å². The van der Waals surface area contributed by atoms with Crippen molar-refractivity contribution in [2.45, 2.75) is 13.1 Å². The molecule has 0 bridgehead atoms. The molecule has 6 heteroatoms. The molecule has 0 saturated heterocycles. The molecule has 6 nitrogen and oxygen atoms in total. The Morgan fingerprint density at radius 2 is 2.05 bits per heavy atom. The number of amides is 2. The molecule has 1 aromatic carbocycles. The molecule has 1 aliphatic heterocycles. The fourth-order valence-corrected chi connectivity index (χ4v) is 2.42. The Morgan fingerprint density at radius 3 is 2.76 bits per heavy atom. The molecular formula is C15H17N5O. The number of nitrogens with zero attached hydrogens (tertiary/aromatic N) is 4. The van der Waals surface area contributed by atoms with Gasteiger partial charge in [-0.05, 0) is 11.6 Å². The zero-order valence-electron chi connectivity index (χ0n) is 12.1. The van der Waals surface area contributed by atoms with Crippen molar-refractivity contribution in [1.29, 1.82) is 0 Å². The lowest BCUT2D eigenvalue weighted by Gasteiger charge is -2.34. The van der Waals surface area contributed by atoms with Gasteiger partial charge in [0.05, 0.1) is 30.3 Å². The molecule has 3 rings (SSSR count). The van der Waals surface area contributed by atoms with Gasteiger partial charge in [0.2, 0.25) is 0 Å². The number of carbonyl (C=O) groups excluding carboxylic acids is 1. The van der Waals surface area contributed by atoms with Gasteiger partial charge in [-0.2, -0.15) is 0 Å². The lowest BCUT2D eigenvalue weighted by Crippen LogP contribution is -2.44. The number of benzene rings is 1. The van der Waals surface area contributed by atoms with Crippen molar-refractivity contribution in [1.82, 2.24) is 14.9 Å². The van der Waals surface area contributed by atoms with Crippen LogP contribution in [0, 0.1) is 0 Å². The first-order valence-electron chi connectivity index (χ1n) is 6.78. The van der Waals surface area contributed by atoms with Gasteiger partial charge < -0.3 is 10.2 Å². The van der Waals surface area contributed by atoms with E-state index in [1.807, 2.05) is 24.3 Å². The molecule has 1 aromatic heterocycles. The number of fused-ring (bicyclic) bond motifs is 1. The minimum Gasteiger partial charge on any atom is -0.372 e. The molecule has 0 unspecified atom stereocenters. The molecule has 0 saturated carbocycles. The third kappa shape index (κ3) is 2.52. The Hall–Kier alpha value is -2.63. The fourth-order valence-electron chi connectivity index (χ4n) is 2.42. The quantitative estimate of drug-likeness (QED) is 0.937. The molecular weight excluding hydrogens is 266 g/mol. The third-order valence-electron chi connectivity index (χ3n) is 3.53. The topological polar surface area (TPSA) is 61.4 Å². The maximum absolute atomic E-state index is 12.4. The number of nitrogens with one attached hydrogen (secondary N) is 1. The second-order valence-electron chi connectivity index (χ2n) is 5.00. The normalized spacial score (nSPS) is 14.1. The number of anilines is 2. The van der Waals surface area contributed by atoms with Gasteiger partial charge >= 0.3 is 6.03 Å². The third-order valence-corrected chi connectivity index (χ3v) is 3.53. The Labute approximate surface area is 123 Å². The van der Waals surface area contributed by atoms with Crippen LogP contribution in [-0.2, 0) is 13.1 Å². The van der Waals surface area contributed by atoms with Gasteiger partial charge in [0.15, 0.2) is 0 Å². The van der Waals surface area contributed by atoms with Crippen LogP contribution in [0.2, 0.25) is 0 Å². The van der Waals surface area contributed by atoms with Crippen LogP contribution in [0.3, 0.4) is 0 Å². The summed E-state index contributed by atoms with van der Waals surface area (Å²) in [5.74, 6) is 0.709. The molecule has 2 amide bonds. The maximum Gasteiger partial charge on any atom is 0.324 e. The van der Waals surface area contributed by atoms with Crippen LogP contribution in [0.4, 0.5) is 16.3 Å². The largest absolute Gasteiger partial charge is 0.372 e. The van der Waals surface area contributed by atoms with E-state index in [-0.39, 0.29) is 6.03 Å². The second kappa shape index (κ2) is 5.40. The van der Waals surface area contributed by atoms with Crippen molar-refractivity contribution in [3.05, 3.63) is 47.9 Å². The average Bonchev–Trinajstić information content (AvgIpc) is 2.52. The van der Waals surface area contributed by atoms with Crippen LogP contribution in [-0.4, -0.2) is 35.0 Å². The molecule has 2 heterocycles. The summed E-state index contributed by atoms with van der Waals surface area (Å²) in [6, 6.07) is 7.92. The van der Waals surface area contributed by atoms with Crippen molar-refractivity contribution < 1.29 is 4.79 Å². The van der Waals surface area contributed by atoms with Gasteiger partial charge in [-0.25, -0.2) is 9.78 Å². The molecule has 108 valence electrons. The van der Waals surface area contributed by atoms with Crippen molar-refractivity contribution in [2.24, 2.45) is 0 Å². The molecule has 1 N–H and O–H groups in total. The zero-order valence-corrected chi connectivity index (χ0v) is 12.1. The van der Waals surface area contributed by atoms with E-state index in [1.165, 1.54) is 0 Å². The summed E-state index contributed by atoms with van der Waals surface area (Å²) in [5, 5.41) is 2.93. The summed E-state index contributed by atoms with van der Waals surface area (Å²) in [4.78, 5) is 24.4. The van der Waals surface area contributed by atoms with E-state index >= 15 is 0 Å². The summed E-state index contributed by atoms with van der Waals surface area (Å²) in [7, 11) is 3.60. The summed E-state index contributed by atoms with van der Waals surface area (Å²) in [6.07, 6.45) is 3.36. The van der Waals surface area contributed by atoms with E-state index in [9.17, 15) is 4.79 Å². The minimum absolute atomic E-state index is 0.0202. The van der Waals surface area contributed by atoms with Gasteiger partial charge in [-0.3, -0.25) is 9.88 Å². The first-order chi connectivity index (χ1) is 10.2. The zero-order chi connectivity index (χ0) is 14.8. The summed E-state index contributed by atoms with van der Waals surface area (Å²) >= 11 is 0. The van der Waals surface area contributed by atoms with Crippen molar-refractivity contribution in [2.75, 3.05) is 24.3 Å². The summed E-state index contributed by atoms with van der Waals surface area (Å²) in [6.45, 7) is 1.05. The van der Waals surface area contributed by atoms with E-state index in [0.717, 1.165) is 16.9 Å². The molecule has 0 radical (unpaired) electrons. The van der Waals surface area contributed by atoms with Crippen LogP contribution in [0.15, 0.2) is 36.7 Å². The monoisotopic (exact) mass is 283 g/mol. The number of carbonyl (C=O) groups is 1. The number of hydrogen-bond acceptors (Lipinski definition) is 4. The van der Waals surface area contributed by atoms with Crippen LogP contribution >= 0.6 is 0 Å². The Balaban J connectivity index is 1.90. The smallest absolute Gasteiger partial charge is 0.324 e. The van der Waals surface area contributed by atoms with Gasteiger partial charge in [0.1, 0.15) is 5.82 Å². The van der Waals surface area contributed by atoms with Crippen LogP contribution < -0.4 is 10.2 Å². The van der Waals surface area contributed by atoms with Crippen molar-refractivity contribution in [3.8, 4) is 0 Å². The van der Waals surface area contributed by atoms with Gasteiger partial charge in [-0.15, -0.1) is 0 Å². The maximum atomic E-state index is 12.4. The predicted octanol–water partition coefficient (Wildman–Crippen LogP) is 2.09. The number of urea groups is 1. The van der Waals surface area contributed by atoms with Gasteiger partial charge in [0.25, 0.3) is 0 Å². The lowest BCUT2D eigenvalue weighted by atomic mass is 10.1. The highest BCUT2D eigenvalue weighted by molar-refractivity contribution is 5.94. The average molecular weight is 283 g/mol. The molecule has 0 aliphatic carbocycles. The standard InChI is InChI=1S/C15H17N5O/c1-16-14-8-17-12(7-18-14)10-20-13-6-4-3-5-11(13)9-19(2)15(20)21/h3-8H,9-10H2,1-2H3,(H,16,18). The molecule has 0 atom stereocenters. The highest BCUT2D eigenvalue weighted by atomic mass is 16.2. The number of para-hydroxylation sites is 1. The second-order valence-corrected chi connectivity index (χ2v) is 5.00. The molecule has 1 aliphatic rings. The van der Waals surface area contributed by atoms with E-state index < -0.39 is 0 Å². The Bertz CT molecular complexity index is 655. The Kier molecular flexibility index (Phi) is 3.43. The Morgan fingerprint density at radius 1 is 1.24 bits per heavy atom. The number of hydrogen-bond donors (Lipinski definition) is 1. The van der Waals surface area contributed by atoms with E-state index in [4.69, 9.17) is 0 Å². The van der Waals surface area contributed by atoms with E-state index in [2.05, 4.69) is 15.3 Å². The summed E-state index contributed by atoms with van der Waals surface area (Å²) in [5.41, 5.74) is 2.84. The molecule has 0 spiro atoms. The van der Waals surface area contributed by atoms with E-state index in [0.29, 0.717) is 18.9 Å². The predicted molar refractivity (Wildman–Crippen MR) is 81.1 cm³/mol. The van der Waals surface area contributed by atoms with Gasteiger partial charge in [0, 0.05) is 20.6 Å². The van der Waals surface area contributed by atoms with Gasteiger partial charge in [-0.1, -0.05) is 18.2 Å². The number of aromatic nitrogens is 2.